The van der Waals surface area contributed by atoms with E-state index in [0.717, 1.165) is 0 Å². The van der Waals surface area contributed by atoms with Gasteiger partial charge >= 0.3 is 5.97 Å². The zero-order valence-electron chi connectivity index (χ0n) is 8.52. The zero-order chi connectivity index (χ0) is 11.8. The summed E-state index contributed by atoms with van der Waals surface area (Å²) in [6.45, 7) is 0.0688. The van der Waals surface area contributed by atoms with Gasteiger partial charge in [0, 0.05) is 0 Å². The minimum absolute atomic E-state index is 0.0951. The predicted octanol–water partition coefficient (Wildman–Crippen LogP) is 1.63. The molecule has 0 amide bonds. The summed E-state index contributed by atoms with van der Waals surface area (Å²) in [7, 11) is 0. The Morgan fingerprint density at radius 3 is 2.44 bits per heavy atom. The summed E-state index contributed by atoms with van der Waals surface area (Å²) >= 11 is 5.04. The van der Waals surface area contributed by atoms with Crippen LogP contribution in [0, 0.1) is 0 Å². The Morgan fingerprint density at radius 2 is 1.81 bits per heavy atom. The largest absolute Gasteiger partial charge is 0.460 e. The molecule has 0 aliphatic heterocycles. The Morgan fingerprint density at radius 1 is 1.12 bits per heavy atom. The molecule has 1 aromatic rings. The van der Waals surface area contributed by atoms with Gasteiger partial charge in [-0.2, -0.15) is 0 Å². The summed E-state index contributed by atoms with van der Waals surface area (Å²) in [5, 5.41) is -0.575. The summed E-state index contributed by atoms with van der Waals surface area (Å²) in [6.07, 6.45) is 0. The molecular weight excluding hydrogens is 232 g/mol. The van der Waals surface area contributed by atoms with Crippen molar-refractivity contribution >= 4 is 22.8 Å². The van der Waals surface area contributed by atoms with Crippen LogP contribution in [-0.4, -0.2) is 31.0 Å². The number of halogens is 1. The summed E-state index contributed by atoms with van der Waals surface area (Å²) in [6, 6.07) is 8.63. The lowest BCUT2D eigenvalue weighted by atomic mass is 10.2. The van der Waals surface area contributed by atoms with Crippen molar-refractivity contribution in [1.29, 1.82) is 0 Å². The Bertz CT molecular complexity index is 350. The molecule has 0 aromatic heterocycles. The number of esters is 1. The molecule has 0 aliphatic carbocycles. The maximum absolute atomic E-state index is 11.4. The molecule has 0 unspecified atom stereocenters. The molecule has 86 valence electrons. The van der Waals surface area contributed by atoms with Crippen LogP contribution in [0.15, 0.2) is 30.3 Å². The van der Waals surface area contributed by atoms with Crippen LogP contribution in [0.4, 0.5) is 0 Å². The molecule has 16 heavy (non-hydrogen) atoms. The minimum atomic E-state index is -0.575. The zero-order valence-corrected chi connectivity index (χ0v) is 9.27. The Kier molecular flexibility index (Phi) is 5.53. The molecular formula is C11H11ClO4. The molecule has 0 saturated carbocycles. The van der Waals surface area contributed by atoms with Crippen molar-refractivity contribution in [3.05, 3.63) is 35.9 Å². The van der Waals surface area contributed by atoms with Crippen LogP contribution in [0.5, 0.6) is 0 Å². The molecule has 0 radical (unpaired) electrons. The number of benzene rings is 1. The summed E-state index contributed by atoms with van der Waals surface area (Å²) in [4.78, 5) is 21.7. The van der Waals surface area contributed by atoms with Gasteiger partial charge in [-0.3, -0.25) is 4.79 Å². The molecule has 0 atom stereocenters. The molecule has 0 N–H and O–H groups in total. The van der Waals surface area contributed by atoms with E-state index in [0.29, 0.717) is 5.56 Å². The maximum Gasteiger partial charge on any atom is 0.338 e. The number of ether oxygens (including phenoxy) is 2. The van der Waals surface area contributed by atoms with Gasteiger partial charge in [0.05, 0.1) is 12.2 Å². The van der Waals surface area contributed by atoms with Crippen molar-refractivity contribution in [2.45, 2.75) is 0 Å². The molecule has 4 nitrogen and oxygen atoms in total. The Balaban J connectivity index is 2.19. The first-order valence-electron chi connectivity index (χ1n) is 4.68. The molecule has 5 heteroatoms. The average molecular weight is 243 g/mol. The fraction of sp³-hybridized carbons (Fsp3) is 0.273. The molecule has 0 heterocycles. The van der Waals surface area contributed by atoms with E-state index in [-0.39, 0.29) is 19.8 Å². The lowest BCUT2D eigenvalue weighted by Crippen LogP contribution is -2.12. The number of hydrogen-bond donors (Lipinski definition) is 0. The van der Waals surface area contributed by atoms with E-state index >= 15 is 0 Å². The smallest absolute Gasteiger partial charge is 0.338 e. The summed E-state index contributed by atoms with van der Waals surface area (Å²) in [5.41, 5.74) is 0.482. The van der Waals surface area contributed by atoms with E-state index in [1.165, 1.54) is 0 Å². The lowest BCUT2D eigenvalue weighted by molar-refractivity contribution is -0.116. The predicted molar refractivity (Wildman–Crippen MR) is 58.4 cm³/mol. The number of carbonyl (C=O) groups is 2. The van der Waals surface area contributed by atoms with Gasteiger partial charge in [0.15, 0.2) is 0 Å². The molecule has 0 fully saturated rings. The first kappa shape index (κ1) is 12.7. The normalized spacial score (nSPS) is 9.81. The van der Waals surface area contributed by atoms with Crippen molar-refractivity contribution in [3.8, 4) is 0 Å². The summed E-state index contributed by atoms with van der Waals surface area (Å²) in [5.74, 6) is -0.415. The van der Waals surface area contributed by atoms with Gasteiger partial charge in [-0.1, -0.05) is 18.2 Å². The SMILES string of the molecule is O=C(Cl)COCCOC(=O)c1ccccc1. The van der Waals surface area contributed by atoms with Gasteiger partial charge in [0.25, 0.3) is 0 Å². The fourth-order valence-electron chi connectivity index (χ4n) is 1.00. The van der Waals surface area contributed by atoms with Crippen LogP contribution < -0.4 is 0 Å². The van der Waals surface area contributed by atoms with E-state index in [1.54, 1.807) is 24.3 Å². The van der Waals surface area contributed by atoms with Crippen LogP contribution in [0.3, 0.4) is 0 Å². The van der Waals surface area contributed by atoms with Crippen molar-refractivity contribution in [3.63, 3.8) is 0 Å². The van der Waals surface area contributed by atoms with Crippen LogP contribution in [0.2, 0.25) is 0 Å². The fourth-order valence-corrected chi connectivity index (χ4v) is 1.08. The van der Waals surface area contributed by atoms with Crippen LogP contribution in [0.1, 0.15) is 10.4 Å². The van der Waals surface area contributed by atoms with Crippen LogP contribution in [-0.2, 0) is 14.3 Å². The maximum atomic E-state index is 11.4. The van der Waals surface area contributed by atoms with Crippen LogP contribution >= 0.6 is 11.6 Å². The molecule has 0 spiro atoms. The van der Waals surface area contributed by atoms with E-state index in [4.69, 9.17) is 21.1 Å². The Labute approximate surface area is 98.1 Å². The quantitative estimate of drug-likeness (QED) is 0.432. The molecule has 0 bridgehead atoms. The first-order valence-corrected chi connectivity index (χ1v) is 5.06. The monoisotopic (exact) mass is 242 g/mol. The Hall–Kier alpha value is -1.39. The van der Waals surface area contributed by atoms with Crippen molar-refractivity contribution in [2.24, 2.45) is 0 Å². The minimum Gasteiger partial charge on any atom is -0.460 e. The van der Waals surface area contributed by atoms with Crippen molar-refractivity contribution in [2.75, 3.05) is 19.8 Å². The molecule has 1 aromatic carbocycles. The summed E-state index contributed by atoms with van der Waals surface area (Å²) < 4.78 is 9.71. The second kappa shape index (κ2) is 6.98. The average Bonchev–Trinajstić information content (AvgIpc) is 2.29. The second-order valence-corrected chi connectivity index (χ2v) is 3.33. The lowest BCUT2D eigenvalue weighted by Gasteiger charge is -2.04. The van der Waals surface area contributed by atoms with Crippen molar-refractivity contribution < 1.29 is 19.1 Å². The first-order chi connectivity index (χ1) is 7.70. The van der Waals surface area contributed by atoms with E-state index < -0.39 is 11.2 Å². The molecule has 0 aliphatic rings. The van der Waals surface area contributed by atoms with E-state index in [2.05, 4.69) is 0 Å². The van der Waals surface area contributed by atoms with Gasteiger partial charge in [-0.15, -0.1) is 0 Å². The van der Waals surface area contributed by atoms with Gasteiger partial charge in [0.2, 0.25) is 5.24 Å². The number of hydrogen-bond acceptors (Lipinski definition) is 4. The second-order valence-electron chi connectivity index (χ2n) is 2.91. The number of rotatable bonds is 6. The third kappa shape index (κ3) is 4.91. The van der Waals surface area contributed by atoms with Crippen molar-refractivity contribution in [1.82, 2.24) is 0 Å². The van der Waals surface area contributed by atoms with E-state index in [9.17, 15) is 9.59 Å². The van der Waals surface area contributed by atoms with Gasteiger partial charge < -0.3 is 9.47 Å². The van der Waals surface area contributed by atoms with Gasteiger partial charge in [-0.25, -0.2) is 4.79 Å². The topological polar surface area (TPSA) is 52.6 Å². The van der Waals surface area contributed by atoms with E-state index in [1.807, 2.05) is 6.07 Å². The van der Waals surface area contributed by atoms with Crippen LogP contribution in [0.25, 0.3) is 0 Å². The highest BCUT2D eigenvalue weighted by Gasteiger charge is 2.05. The highest BCUT2D eigenvalue weighted by Crippen LogP contribution is 2.00. The van der Waals surface area contributed by atoms with Gasteiger partial charge in [0.1, 0.15) is 13.2 Å². The third-order valence-electron chi connectivity index (χ3n) is 1.69. The molecule has 0 saturated heterocycles. The highest BCUT2D eigenvalue weighted by molar-refractivity contribution is 6.63. The molecule has 1 rings (SSSR count). The number of carbonyl (C=O) groups excluding carboxylic acids is 2. The van der Waals surface area contributed by atoms with Gasteiger partial charge in [-0.05, 0) is 23.7 Å². The standard InChI is InChI=1S/C11H11ClO4/c12-10(13)8-15-6-7-16-11(14)9-4-2-1-3-5-9/h1-5H,6-8H2. The third-order valence-corrected chi connectivity index (χ3v) is 1.79. The highest BCUT2D eigenvalue weighted by atomic mass is 35.5.